The number of rotatable bonds is 8. The first-order valence-corrected chi connectivity index (χ1v) is 12.6. The summed E-state index contributed by atoms with van der Waals surface area (Å²) in [5, 5.41) is 14.7. The molecule has 0 saturated carbocycles. The highest BCUT2D eigenvalue weighted by Gasteiger charge is 2.40. The molecular weight excluding hydrogens is 472 g/mol. The van der Waals surface area contributed by atoms with Gasteiger partial charge in [-0.1, -0.05) is 29.8 Å². The van der Waals surface area contributed by atoms with Crippen LogP contribution < -0.4 is 15.5 Å². The van der Waals surface area contributed by atoms with Crippen molar-refractivity contribution in [2.75, 3.05) is 25.5 Å². The monoisotopic (exact) mass is 502 g/mol. The fourth-order valence-electron chi connectivity index (χ4n) is 3.98. The summed E-state index contributed by atoms with van der Waals surface area (Å²) in [6.07, 6.45) is 0.813. The smallest absolute Gasteiger partial charge is 0.326 e. The molecule has 2 aromatic rings. The van der Waals surface area contributed by atoms with Gasteiger partial charge in [-0.25, -0.2) is 18.0 Å². The molecule has 3 rings (SSSR count). The van der Waals surface area contributed by atoms with E-state index in [9.17, 15) is 27.9 Å². The zero-order chi connectivity index (χ0) is 25.8. The zero-order valence-electron chi connectivity index (χ0n) is 19.9. The summed E-state index contributed by atoms with van der Waals surface area (Å²) in [5.41, 5.74) is 2.17. The van der Waals surface area contributed by atoms with Crippen molar-refractivity contribution in [1.29, 1.82) is 0 Å². The first-order valence-electron chi connectivity index (χ1n) is 11.2. The van der Waals surface area contributed by atoms with Crippen LogP contribution in [-0.4, -0.2) is 68.5 Å². The molecule has 0 bridgehead atoms. The van der Waals surface area contributed by atoms with Crippen LogP contribution in [-0.2, 0) is 26.0 Å². The van der Waals surface area contributed by atoms with Crippen LogP contribution in [0.25, 0.3) is 0 Å². The lowest BCUT2D eigenvalue weighted by Crippen LogP contribution is -2.51. The molecule has 0 radical (unpaired) electrons. The Hall–Kier alpha value is -3.44. The second-order valence-corrected chi connectivity index (χ2v) is 10.4. The van der Waals surface area contributed by atoms with Gasteiger partial charge in [0.1, 0.15) is 12.1 Å². The maximum Gasteiger partial charge on any atom is 0.326 e. The van der Waals surface area contributed by atoms with Crippen LogP contribution in [0.4, 0.5) is 10.5 Å². The molecule has 2 atom stereocenters. The number of urea groups is 1. The van der Waals surface area contributed by atoms with Crippen LogP contribution in [0.1, 0.15) is 24.0 Å². The van der Waals surface area contributed by atoms with Gasteiger partial charge < -0.3 is 15.7 Å². The SMILES string of the molecule is CNC(=O)N(C)c1ccc(C[C@H](NC(=O)[C@@H]2CCCN2S(=O)(=O)c2ccc(C)cc2)C(=O)O)cc1. The van der Waals surface area contributed by atoms with Crippen LogP contribution in [0.2, 0.25) is 0 Å². The predicted molar refractivity (Wildman–Crippen MR) is 131 cm³/mol. The zero-order valence-corrected chi connectivity index (χ0v) is 20.7. The number of nitrogens with zero attached hydrogens (tertiary/aromatic N) is 2. The molecule has 1 heterocycles. The molecule has 1 aliphatic heterocycles. The molecule has 35 heavy (non-hydrogen) atoms. The molecule has 0 aromatic heterocycles. The number of nitrogens with one attached hydrogen (secondary N) is 2. The van der Waals surface area contributed by atoms with Gasteiger partial charge in [0.15, 0.2) is 0 Å². The number of amides is 3. The van der Waals surface area contributed by atoms with E-state index in [-0.39, 0.29) is 23.9 Å². The number of carboxylic acids is 1. The minimum atomic E-state index is -3.90. The van der Waals surface area contributed by atoms with Gasteiger partial charge in [-0.3, -0.25) is 9.69 Å². The van der Waals surface area contributed by atoms with E-state index in [4.69, 9.17) is 0 Å². The summed E-state index contributed by atoms with van der Waals surface area (Å²) in [5.74, 6) is -1.86. The number of benzene rings is 2. The Morgan fingerprint density at radius 2 is 1.74 bits per heavy atom. The fraction of sp³-hybridized carbons (Fsp3) is 0.375. The van der Waals surface area contributed by atoms with Crippen LogP contribution in [0.5, 0.6) is 0 Å². The van der Waals surface area contributed by atoms with Crippen molar-refractivity contribution in [3.8, 4) is 0 Å². The maximum atomic E-state index is 13.1. The summed E-state index contributed by atoms with van der Waals surface area (Å²) in [4.78, 5) is 38.2. The van der Waals surface area contributed by atoms with Crippen LogP contribution in [0.3, 0.4) is 0 Å². The quantitative estimate of drug-likeness (QED) is 0.503. The molecule has 1 aliphatic rings. The lowest BCUT2D eigenvalue weighted by molar-refractivity contribution is -0.142. The lowest BCUT2D eigenvalue weighted by Gasteiger charge is -2.25. The largest absolute Gasteiger partial charge is 0.480 e. The third kappa shape index (κ3) is 5.98. The summed E-state index contributed by atoms with van der Waals surface area (Å²) < 4.78 is 27.4. The van der Waals surface area contributed by atoms with E-state index < -0.39 is 34.0 Å². The van der Waals surface area contributed by atoms with E-state index in [2.05, 4.69) is 10.6 Å². The molecule has 3 N–H and O–H groups in total. The van der Waals surface area contributed by atoms with E-state index in [1.807, 2.05) is 6.92 Å². The highest BCUT2D eigenvalue weighted by molar-refractivity contribution is 7.89. The first kappa shape index (κ1) is 26.2. The summed E-state index contributed by atoms with van der Waals surface area (Å²) in [6, 6.07) is 10.6. The second-order valence-electron chi connectivity index (χ2n) is 8.47. The van der Waals surface area contributed by atoms with Crippen LogP contribution >= 0.6 is 0 Å². The van der Waals surface area contributed by atoms with E-state index >= 15 is 0 Å². The van der Waals surface area contributed by atoms with Crippen molar-refractivity contribution in [2.24, 2.45) is 0 Å². The number of carbonyl (C=O) groups excluding carboxylic acids is 2. The molecule has 10 nitrogen and oxygen atoms in total. The minimum absolute atomic E-state index is 0.00245. The Kier molecular flexibility index (Phi) is 8.13. The average Bonchev–Trinajstić information content (AvgIpc) is 3.34. The molecular formula is C24H30N4O6S. The molecule has 0 unspecified atom stereocenters. The normalized spacial score (nSPS) is 16.9. The van der Waals surface area contributed by atoms with Crippen molar-refractivity contribution in [1.82, 2.24) is 14.9 Å². The van der Waals surface area contributed by atoms with E-state index in [1.54, 1.807) is 43.4 Å². The van der Waals surface area contributed by atoms with Gasteiger partial charge in [-0.05, 0) is 49.6 Å². The van der Waals surface area contributed by atoms with Gasteiger partial charge >= 0.3 is 12.0 Å². The first-order chi connectivity index (χ1) is 16.5. The molecule has 1 saturated heterocycles. The topological polar surface area (TPSA) is 136 Å². The number of aryl methyl sites for hydroxylation is 1. The van der Waals surface area contributed by atoms with Crippen LogP contribution in [0, 0.1) is 6.92 Å². The number of hydrogen-bond donors (Lipinski definition) is 3. The Morgan fingerprint density at radius 3 is 2.31 bits per heavy atom. The highest BCUT2D eigenvalue weighted by atomic mass is 32.2. The number of anilines is 1. The Balaban J connectivity index is 1.72. The second kappa shape index (κ2) is 10.9. The van der Waals surface area contributed by atoms with Gasteiger partial charge in [0.2, 0.25) is 15.9 Å². The molecule has 2 aromatic carbocycles. The van der Waals surface area contributed by atoms with Gasteiger partial charge in [-0.2, -0.15) is 4.31 Å². The molecule has 11 heteroatoms. The molecule has 0 spiro atoms. The number of carboxylic acid groups (broad SMARTS) is 1. The third-order valence-electron chi connectivity index (χ3n) is 6.03. The van der Waals surface area contributed by atoms with E-state index in [0.717, 1.165) is 9.87 Å². The number of sulfonamides is 1. The van der Waals surface area contributed by atoms with Gasteiger partial charge in [-0.15, -0.1) is 0 Å². The Bertz CT molecular complexity index is 1180. The molecule has 188 valence electrons. The number of aliphatic carboxylic acids is 1. The van der Waals surface area contributed by atoms with E-state index in [0.29, 0.717) is 24.1 Å². The number of carbonyl (C=O) groups is 3. The standard InChI is InChI=1S/C24H30N4O6S/c1-16-6-12-19(13-7-16)35(33,34)28-14-4-5-21(28)22(29)26-20(23(30)31)15-17-8-10-18(11-9-17)27(3)24(32)25-2/h6-13,20-21H,4-5,14-15H2,1-3H3,(H,25,32)(H,26,29)(H,30,31)/t20-,21-/m0/s1. The highest BCUT2D eigenvalue weighted by Crippen LogP contribution is 2.26. The van der Waals surface area contributed by atoms with Crippen molar-refractivity contribution in [3.05, 3.63) is 59.7 Å². The Morgan fingerprint density at radius 1 is 1.11 bits per heavy atom. The third-order valence-corrected chi connectivity index (χ3v) is 7.95. The lowest BCUT2D eigenvalue weighted by atomic mass is 10.0. The minimum Gasteiger partial charge on any atom is -0.480 e. The molecule has 0 aliphatic carbocycles. The summed E-state index contributed by atoms with van der Waals surface area (Å²) in [7, 11) is -0.777. The van der Waals surface area contributed by atoms with Crippen molar-refractivity contribution in [3.63, 3.8) is 0 Å². The van der Waals surface area contributed by atoms with E-state index in [1.165, 1.54) is 24.1 Å². The van der Waals surface area contributed by atoms with Gasteiger partial charge in [0.05, 0.1) is 4.90 Å². The molecule has 1 fully saturated rings. The Labute approximate surface area is 205 Å². The van der Waals surface area contributed by atoms with Crippen LogP contribution in [0.15, 0.2) is 53.4 Å². The van der Waals surface area contributed by atoms with Crippen molar-refractivity contribution >= 4 is 33.6 Å². The number of hydrogen-bond acceptors (Lipinski definition) is 5. The van der Waals surface area contributed by atoms with Crippen molar-refractivity contribution < 1.29 is 27.9 Å². The van der Waals surface area contributed by atoms with Gasteiger partial charge in [0.25, 0.3) is 0 Å². The molecule has 3 amide bonds. The fourth-order valence-corrected chi connectivity index (χ4v) is 5.64. The van der Waals surface area contributed by atoms with Crippen molar-refractivity contribution in [2.45, 2.75) is 43.2 Å². The van der Waals surface area contributed by atoms with Gasteiger partial charge in [0, 0.05) is 32.7 Å². The predicted octanol–water partition coefficient (Wildman–Crippen LogP) is 1.74. The average molecular weight is 503 g/mol. The summed E-state index contributed by atoms with van der Waals surface area (Å²) >= 11 is 0. The maximum absolute atomic E-state index is 13.1. The summed E-state index contributed by atoms with van der Waals surface area (Å²) in [6.45, 7) is 2.04.